The Morgan fingerprint density at radius 3 is 3.00 bits per heavy atom. The van der Waals surface area contributed by atoms with Crippen molar-refractivity contribution in [3.8, 4) is 5.75 Å². The van der Waals surface area contributed by atoms with Crippen LogP contribution in [0.5, 0.6) is 5.75 Å². The lowest BCUT2D eigenvalue weighted by atomic mass is 10.2. The fraction of sp³-hybridized carbons (Fsp3) is 0.0833. The average molecular weight is 220 g/mol. The highest BCUT2D eigenvalue weighted by Gasteiger charge is 2.04. The first-order valence-corrected chi connectivity index (χ1v) is 4.98. The van der Waals surface area contributed by atoms with Gasteiger partial charge in [-0.2, -0.15) is 0 Å². The summed E-state index contributed by atoms with van der Waals surface area (Å²) in [5.74, 6) is 0.741. The van der Waals surface area contributed by atoms with E-state index >= 15 is 0 Å². The third kappa shape index (κ3) is 2.10. The molecule has 0 aliphatic rings. The molecule has 1 heterocycles. The highest BCUT2D eigenvalue weighted by molar-refractivity contribution is 6.30. The zero-order chi connectivity index (χ0) is 10.7. The fourth-order valence-electron chi connectivity index (χ4n) is 1.38. The summed E-state index contributed by atoms with van der Waals surface area (Å²) in [6.45, 7) is 4.07. The molecule has 0 aliphatic carbocycles. The van der Waals surface area contributed by atoms with Gasteiger partial charge in [0.1, 0.15) is 17.5 Å². The Bertz CT molecular complexity index is 496. The van der Waals surface area contributed by atoms with Crippen LogP contribution in [-0.2, 0) is 0 Å². The second-order valence-corrected chi connectivity index (χ2v) is 3.45. The molecule has 1 aromatic carbocycles. The normalized spacial score (nSPS) is 10.2. The molecule has 0 atom stereocenters. The first kappa shape index (κ1) is 9.99. The lowest BCUT2D eigenvalue weighted by Crippen LogP contribution is -1.94. The minimum absolute atomic E-state index is 0.438. The molecule has 0 bridgehead atoms. The van der Waals surface area contributed by atoms with Crippen LogP contribution in [0.15, 0.2) is 43.0 Å². The van der Waals surface area contributed by atoms with Crippen molar-refractivity contribution < 1.29 is 4.74 Å². The van der Waals surface area contributed by atoms with Crippen LogP contribution in [0.3, 0.4) is 0 Å². The van der Waals surface area contributed by atoms with E-state index in [4.69, 9.17) is 16.3 Å². The van der Waals surface area contributed by atoms with Crippen LogP contribution in [0.2, 0.25) is 5.15 Å². The molecule has 2 nitrogen and oxygen atoms in total. The second kappa shape index (κ2) is 4.32. The van der Waals surface area contributed by atoms with Gasteiger partial charge in [0.05, 0.1) is 5.52 Å². The van der Waals surface area contributed by atoms with Gasteiger partial charge in [-0.1, -0.05) is 36.4 Å². The Hall–Kier alpha value is -1.54. The number of benzene rings is 1. The summed E-state index contributed by atoms with van der Waals surface area (Å²) in [5, 5.41) is 1.40. The third-order valence-electron chi connectivity index (χ3n) is 2.00. The molecule has 3 heteroatoms. The number of aromatic nitrogens is 1. The molecule has 0 spiro atoms. The molecule has 0 N–H and O–H groups in total. The summed E-state index contributed by atoms with van der Waals surface area (Å²) >= 11 is 5.89. The van der Waals surface area contributed by atoms with Crippen LogP contribution in [0.25, 0.3) is 10.9 Å². The van der Waals surface area contributed by atoms with Crippen LogP contribution < -0.4 is 4.74 Å². The van der Waals surface area contributed by atoms with Crippen molar-refractivity contribution in [3.63, 3.8) is 0 Å². The van der Waals surface area contributed by atoms with E-state index in [1.54, 1.807) is 12.1 Å². The van der Waals surface area contributed by atoms with Crippen molar-refractivity contribution in [1.82, 2.24) is 4.98 Å². The van der Waals surface area contributed by atoms with E-state index in [1.165, 1.54) is 0 Å². The largest absolute Gasteiger partial charge is 0.489 e. The summed E-state index contributed by atoms with van der Waals surface area (Å²) in [6, 6.07) is 9.44. The summed E-state index contributed by atoms with van der Waals surface area (Å²) in [5.41, 5.74) is 0.837. The van der Waals surface area contributed by atoms with Crippen LogP contribution in [-0.4, -0.2) is 11.6 Å². The van der Waals surface area contributed by atoms with E-state index in [1.807, 2.05) is 24.3 Å². The number of ether oxygens (including phenoxy) is 1. The molecular formula is C12H10ClNO. The van der Waals surface area contributed by atoms with Crippen LogP contribution in [0, 0.1) is 0 Å². The second-order valence-electron chi connectivity index (χ2n) is 3.06. The molecule has 15 heavy (non-hydrogen) atoms. The Labute approximate surface area is 93.2 Å². The van der Waals surface area contributed by atoms with Gasteiger partial charge in [0.25, 0.3) is 0 Å². The maximum absolute atomic E-state index is 5.89. The summed E-state index contributed by atoms with van der Waals surface area (Å²) in [7, 11) is 0. The van der Waals surface area contributed by atoms with Gasteiger partial charge in [-0.05, 0) is 12.1 Å². The Kier molecular flexibility index (Phi) is 2.88. The lowest BCUT2D eigenvalue weighted by molar-refractivity contribution is 0.367. The Morgan fingerprint density at radius 2 is 2.20 bits per heavy atom. The monoisotopic (exact) mass is 219 g/mol. The molecule has 2 aromatic rings. The van der Waals surface area contributed by atoms with Gasteiger partial charge in [-0.25, -0.2) is 4.98 Å². The van der Waals surface area contributed by atoms with E-state index in [2.05, 4.69) is 11.6 Å². The maximum Gasteiger partial charge on any atom is 0.133 e. The standard InChI is InChI=1S/C12H10ClNO/c1-2-7-15-11-8-12(13)14-10-6-4-3-5-9(10)11/h2-6,8H,1,7H2. The van der Waals surface area contributed by atoms with Crippen molar-refractivity contribution in [2.45, 2.75) is 0 Å². The zero-order valence-electron chi connectivity index (χ0n) is 8.11. The molecule has 0 unspecified atom stereocenters. The van der Waals surface area contributed by atoms with Gasteiger partial charge >= 0.3 is 0 Å². The molecule has 0 amide bonds. The van der Waals surface area contributed by atoms with Gasteiger partial charge in [-0.15, -0.1) is 0 Å². The molecule has 0 saturated heterocycles. The number of halogens is 1. The first-order chi connectivity index (χ1) is 7.31. The van der Waals surface area contributed by atoms with Crippen molar-refractivity contribution >= 4 is 22.5 Å². The molecule has 1 aromatic heterocycles. The maximum atomic E-state index is 5.89. The molecule has 76 valence electrons. The van der Waals surface area contributed by atoms with Crippen molar-refractivity contribution in [2.75, 3.05) is 6.61 Å². The fourth-order valence-corrected chi connectivity index (χ4v) is 1.57. The van der Waals surface area contributed by atoms with Gasteiger partial charge in [0, 0.05) is 11.5 Å². The molecule has 2 rings (SSSR count). The average Bonchev–Trinajstić information content (AvgIpc) is 2.25. The number of nitrogens with zero attached hydrogens (tertiary/aromatic N) is 1. The van der Waals surface area contributed by atoms with Crippen molar-refractivity contribution in [1.29, 1.82) is 0 Å². The number of hydrogen-bond acceptors (Lipinski definition) is 2. The SMILES string of the molecule is C=CCOc1cc(Cl)nc2ccccc12. The van der Waals surface area contributed by atoms with E-state index < -0.39 is 0 Å². The van der Waals surface area contributed by atoms with Gasteiger partial charge in [0.15, 0.2) is 0 Å². The summed E-state index contributed by atoms with van der Waals surface area (Å²) in [6.07, 6.45) is 1.70. The first-order valence-electron chi connectivity index (χ1n) is 4.60. The van der Waals surface area contributed by atoms with E-state index in [-0.39, 0.29) is 0 Å². The van der Waals surface area contributed by atoms with Crippen LogP contribution in [0.4, 0.5) is 0 Å². The molecule has 0 fully saturated rings. The highest BCUT2D eigenvalue weighted by Crippen LogP contribution is 2.27. The topological polar surface area (TPSA) is 22.1 Å². The number of rotatable bonds is 3. The minimum atomic E-state index is 0.438. The quantitative estimate of drug-likeness (QED) is 0.583. The zero-order valence-corrected chi connectivity index (χ0v) is 8.87. The molecule has 0 saturated carbocycles. The predicted molar refractivity (Wildman–Crippen MR) is 62.4 cm³/mol. The number of hydrogen-bond donors (Lipinski definition) is 0. The highest BCUT2D eigenvalue weighted by atomic mass is 35.5. The van der Waals surface area contributed by atoms with Gasteiger partial charge in [0.2, 0.25) is 0 Å². The lowest BCUT2D eigenvalue weighted by Gasteiger charge is -2.07. The van der Waals surface area contributed by atoms with Gasteiger partial charge < -0.3 is 4.74 Å². The predicted octanol–water partition coefficient (Wildman–Crippen LogP) is 3.45. The van der Waals surface area contributed by atoms with E-state index in [9.17, 15) is 0 Å². The van der Waals surface area contributed by atoms with Crippen LogP contribution >= 0.6 is 11.6 Å². The molecular weight excluding hydrogens is 210 g/mol. The van der Waals surface area contributed by atoms with Crippen molar-refractivity contribution in [3.05, 3.63) is 48.1 Å². The summed E-state index contributed by atoms with van der Waals surface area (Å²) < 4.78 is 5.51. The van der Waals surface area contributed by atoms with E-state index in [0.29, 0.717) is 11.8 Å². The Morgan fingerprint density at radius 1 is 1.40 bits per heavy atom. The minimum Gasteiger partial charge on any atom is -0.489 e. The molecule has 0 radical (unpaired) electrons. The number of fused-ring (bicyclic) bond motifs is 1. The van der Waals surface area contributed by atoms with Crippen molar-refractivity contribution in [2.24, 2.45) is 0 Å². The van der Waals surface area contributed by atoms with Crippen LogP contribution in [0.1, 0.15) is 0 Å². The Balaban J connectivity index is 2.55. The van der Waals surface area contributed by atoms with E-state index in [0.717, 1.165) is 16.7 Å². The smallest absolute Gasteiger partial charge is 0.133 e. The summed E-state index contributed by atoms with van der Waals surface area (Å²) in [4.78, 5) is 4.20. The third-order valence-corrected chi connectivity index (χ3v) is 2.20. The number of para-hydroxylation sites is 1. The molecule has 0 aliphatic heterocycles. The number of pyridine rings is 1. The van der Waals surface area contributed by atoms with Gasteiger partial charge in [-0.3, -0.25) is 0 Å².